The van der Waals surface area contributed by atoms with E-state index in [-0.39, 0.29) is 12.6 Å². The van der Waals surface area contributed by atoms with Crippen LogP contribution in [0.15, 0.2) is 42.6 Å². The summed E-state index contributed by atoms with van der Waals surface area (Å²) < 4.78 is 5.12. The Morgan fingerprint density at radius 1 is 1.22 bits per heavy atom. The van der Waals surface area contributed by atoms with Gasteiger partial charge >= 0.3 is 5.97 Å². The third-order valence-electron chi connectivity index (χ3n) is 3.74. The lowest BCUT2D eigenvalue weighted by molar-refractivity contribution is -0.343. The molecule has 3 rings (SSSR count). The van der Waals surface area contributed by atoms with E-state index in [9.17, 15) is 4.79 Å². The average molecular weight is 311 g/mol. The van der Waals surface area contributed by atoms with E-state index in [1.54, 1.807) is 13.1 Å². The molecule has 0 aliphatic carbocycles. The minimum absolute atomic E-state index is 0.0179. The molecule has 0 saturated heterocycles. The van der Waals surface area contributed by atoms with Gasteiger partial charge in [0.25, 0.3) is 0 Å². The number of hydrogen-bond donors (Lipinski definition) is 2. The number of H-pyrrole nitrogens is 1. The molecular formula is C18H19N2O3+. The van der Waals surface area contributed by atoms with Crippen LogP contribution < -0.4 is 10.3 Å². The van der Waals surface area contributed by atoms with Crippen LogP contribution in [0.4, 0.5) is 5.69 Å². The predicted octanol–water partition coefficient (Wildman–Crippen LogP) is 2.39. The average Bonchev–Trinajstić information content (AvgIpc) is 2.59. The summed E-state index contributed by atoms with van der Waals surface area (Å²) in [7, 11) is 0. The zero-order valence-corrected chi connectivity index (χ0v) is 12.9. The number of esters is 1. The molecule has 118 valence electrons. The first-order valence-electron chi connectivity index (χ1n) is 7.64. The fourth-order valence-electron chi connectivity index (χ4n) is 2.74. The number of aliphatic hydroxyl groups excluding tert-OH is 1. The van der Waals surface area contributed by atoms with E-state index < -0.39 is 0 Å². The normalized spacial score (nSPS) is 10.9. The summed E-state index contributed by atoms with van der Waals surface area (Å²) in [4.78, 5) is 15.4. The van der Waals surface area contributed by atoms with Crippen molar-refractivity contribution in [3.8, 4) is 0 Å². The maximum Gasteiger partial charge on any atom is 0.346 e. The first-order chi connectivity index (χ1) is 11.3. The highest BCUT2D eigenvalue weighted by Gasteiger charge is 2.21. The molecule has 2 aromatic carbocycles. The van der Waals surface area contributed by atoms with E-state index >= 15 is 0 Å². The Balaban J connectivity index is 2.25. The van der Waals surface area contributed by atoms with Gasteiger partial charge in [0.15, 0.2) is 6.20 Å². The van der Waals surface area contributed by atoms with Crippen molar-refractivity contribution in [3.63, 3.8) is 0 Å². The van der Waals surface area contributed by atoms with E-state index in [0.29, 0.717) is 24.4 Å². The van der Waals surface area contributed by atoms with E-state index in [4.69, 9.17) is 9.84 Å². The number of carbonyl (C=O) groups excluding carboxylic acids is 1. The number of carbonyl (C=O) groups is 1. The van der Waals surface area contributed by atoms with Gasteiger partial charge in [-0.1, -0.05) is 24.3 Å². The van der Waals surface area contributed by atoms with Gasteiger partial charge in [-0.2, -0.15) is 0 Å². The summed E-state index contributed by atoms with van der Waals surface area (Å²) >= 11 is 0. The molecule has 5 heteroatoms. The molecule has 5 nitrogen and oxygen atoms in total. The number of rotatable bonds is 5. The van der Waals surface area contributed by atoms with Gasteiger partial charge < -0.3 is 15.2 Å². The van der Waals surface area contributed by atoms with Crippen LogP contribution in [0.5, 0.6) is 0 Å². The maximum absolute atomic E-state index is 12.2. The van der Waals surface area contributed by atoms with Gasteiger partial charge in [0, 0.05) is 6.54 Å². The SMILES string of the molecule is CCOC(=O)c1c[nH+]c2c(ccc3ccccc32)c1NCCO. The number of hydrogen-bond acceptors (Lipinski definition) is 4. The number of benzene rings is 2. The molecule has 0 unspecified atom stereocenters. The van der Waals surface area contributed by atoms with Gasteiger partial charge in [-0.05, 0) is 24.4 Å². The molecule has 0 atom stereocenters. The number of anilines is 1. The lowest BCUT2D eigenvalue weighted by Crippen LogP contribution is -2.17. The van der Waals surface area contributed by atoms with Crippen molar-refractivity contribution < 1.29 is 19.6 Å². The minimum Gasteiger partial charge on any atom is -0.462 e. The Kier molecular flexibility index (Phi) is 4.39. The third-order valence-corrected chi connectivity index (χ3v) is 3.74. The molecule has 0 aliphatic heterocycles. The molecule has 0 saturated carbocycles. The Hall–Kier alpha value is -2.66. The molecule has 0 amide bonds. The highest BCUT2D eigenvalue weighted by molar-refractivity contribution is 6.11. The Morgan fingerprint density at radius 3 is 2.83 bits per heavy atom. The monoisotopic (exact) mass is 311 g/mol. The molecule has 1 heterocycles. The first kappa shape index (κ1) is 15.2. The lowest BCUT2D eigenvalue weighted by Gasteiger charge is -2.11. The van der Waals surface area contributed by atoms with Crippen LogP contribution in [0.3, 0.4) is 0 Å². The van der Waals surface area contributed by atoms with Crippen molar-refractivity contribution in [2.75, 3.05) is 25.1 Å². The largest absolute Gasteiger partial charge is 0.462 e. The quantitative estimate of drug-likeness (QED) is 0.560. The van der Waals surface area contributed by atoms with Crippen molar-refractivity contribution in [1.82, 2.24) is 0 Å². The van der Waals surface area contributed by atoms with Gasteiger partial charge in [0.1, 0.15) is 5.56 Å². The molecule has 0 radical (unpaired) electrons. The maximum atomic E-state index is 12.2. The molecule has 0 spiro atoms. The minimum atomic E-state index is -0.390. The molecule has 3 aromatic rings. The zero-order chi connectivity index (χ0) is 16.2. The number of nitrogens with one attached hydrogen (secondary N) is 2. The van der Waals surface area contributed by atoms with Gasteiger partial charge in [0.05, 0.1) is 29.7 Å². The van der Waals surface area contributed by atoms with Crippen LogP contribution in [0.2, 0.25) is 0 Å². The fraction of sp³-hybridized carbons (Fsp3) is 0.222. The zero-order valence-electron chi connectivity index (χ0n) is 12.9. The number of pyridine rings is 1. The van der Waals surface area contributed by atoms with Crippen molar-refractivity contribution >= 4 is 33.3 Å². The van der Waals surface area contributed by atoms with Crippen LogP contribution in [-0.2, 0) is 4.74 Å². The van der Waals surface area contributed by atoms with Crippen molar-refractivity contribution in [2.24, 2.45) is 0 Å². The van der Waals surface area contributed by atoms with Crippen LogP contribution in [0.1, 0.15) is 17.3 Å². The molecule has 23 heavy (non-hydrogen) atoms. The number of fused-ring (bicyclic) bond motifs is 3. The Morgan fingerprint density at radius 2 is 2.04 bits per heavy atom. The van der Waals surface area contributed by atoms with E-state index in [1.165, 1.54) is 0 Å². The van der Waals surface area contributed by atoms with Crippen LogP contribution in [0.25, 0.3) is 21.7 Å². The molecule has 1 aromatic heterocycles. The highest BCUT2D eigenvalue weighted by atomic mass is 16.5. The fourth-order valence-corrected chi connectivity index (χ4v) is 2.74. The van der Waals surface area contributed by atoms with Crippen LogP contribution >= 0.6 is 0 Å². The number of aromatic amines is 1. The van der Waals surface area contributed by atoms with E-state index in [2.05, 4.69) is 10.3 Å². The van der Waals surface area contributed by atoms with Crippen molar-refractivity contribution in [3.05, 3.63) is 48.2 Å². The summed E-state index contributed by atoms with van der Waals surface area (Å²) in [5, 5.41) is 15.3. The summed E-state index contributed by atoms with van der Waals surface area (Å²) in [6, 6.07) is 12.0. The van der Waals surface area contributed by atoms with Gasteiger partial charge in [-0.3, -0.25) is 0 Å². The summed E-state index contributed by atoms with van der Waals surface area (Å²) in [5.41, 5.74) is 2.05. The summed E-state index contributed by atoms with van der Waals surface area (Å²) in [5.74, 6) is -0.390. The number of aliphatic hydroxyl groups is 1. The molecule has 0 aliphatic rings. The molecule has 3 N–H and O–H groups in total. The molecule has 0 bridgehead atoms. The highest BCUT2D eigenvalue weighted by Crippen LogP contribution is 2.29. The smallest absolute Gasteiger partial charge is 0.346 e. The topological polar surface area (TPSA) is 72.7 Å². The molecular weight excluding hydrogens is 292 g/mol. The van der Waals surface area contributed by atoms with E-state index in [0.717, 1.165) is 21.7 Å². The second kappa shape index (κ2) is 6.62. The number of ether oxygens (including phenoxy) is 1. The van der Waals surface area contributed by atoms with Crippen molar-refractivity contribution in [2.45, 2.75) is 6.92 Å². The second-order valence-corrected chi connectivity index (χ2v) is 5.16. The lowest BCUT2D eigenvalue weighted by atomic mass is 10.0. The van der Waals surface area contributed by atoms with E-state index in [1.807, 2.05) is 36.4 Å². The molecule has 0 fully saturated rings. The van der Waals surface area contributed by atoms with Crippen molar-refractivity contribution in [1.29, 1.82) is 0 Å². The summed E-state index contributed by atoms with van der Waals surface area (Å²) in [6.45, 7) is 2.43. The number of aromatic nitrogens is 1. The Bertz CT molecular complexity index is 861. The third kappa shape index (κ3) is 2.83. The van der Waals surface area contributed by atoms with Crippen LogP contribution in [0, 0.1) is 0 Å². The van der Waals surface area contributed by atoms with Gasteiger partial charge in [-0.25, -0.2) is 9.78 Å². The predicted molar refractivity (Wildman–Crippen MR) is 89.5 cm³/mol. The Labute approximate surface area is 133 Å². The summed E-state index contributed by atoms with van der Waals surface area (Å²) in [6.07, 6.45) is 1.66. The second-order valence-electron chi connectivity index (χ2n) is 5.16. The first-order valence-corrected chi connectivity index (χ1v) is 7.64. The standard InChI is InChI=1S/C18H18N2O3/c1-2-23-18(22)15-11-20-16-13-6-4-3-5-12(13)7-8-14(16)17(15)19-9-10-21/h3-8,11,21H,2,9-10H2,1H3,(H,19,20)/p+1. The van der Waals surface area contributed by atoms with Gasteiger partial charge in [0.2, 0.25) is 5.52 Å². The van der Waals surface area contributed by atoms with Gasteiger partial charge in [-0.15, -0.1) is 0 Å². The van der Waals surface area contributed by atoms with Crippen LogP contribution in [-0.4, -0.2) is 30.8 Å².